The largest absolute Gasteiger partial charge is 0.425 e. The molecule has 0 amide bonds. The standard InChI is InChI=1S/C5H7F5/c1-2-4(7,3-6)5(8,9)10/h2-3H2,1H3. The molecule has 0 aromatic carbocycles. The Morgan fingerprint density at radius 2 is 1.50 bits per heavy atom. The third-order valence-corrected chi connectivity index (χ3v) is 1.28. The quantitative estimate of drug-likeness (QED) is 0.547. The van der Waals surface area contributed by atoms with Crippen molar-refractivity contribution in [1.82, 2.24) is 0 Å². The Balaban J connectivity index is 4.33. The zero-order chi connectivity index (χ0) is 8.41. The molecule has 0 rings (SSSR count). The molecule has 0 bridgehead atoms. The van der Waals surface area contributed by atoms with E-state index in [1.807, 2.05) is 0 Å². The number of hydrogen-bond acceptors (Lipinski definition) is 0. The van der Waals surface area contributed by atoms with Crippen molar-refractivity contribution in [2.75, 3.05) is 6.67 Å². The molecule has 0 N–H and O–H groups in total. The molecular formula is C5H7F5. The summed E-state index contributed by atoms with van der Waals surface area (Å²) in [5.41, 5.74) is -3.65. The Morgan fingerprint density at radius 1 is 1.10 bits per heavy atom. The van der Waals surface area contributed by atoms with E-state index in [0.717, 1.165) is 6.92 Å². The maximum absolute atomic E-state index is 12.3. The molecule has 0 radical (unpaired) electrons. The molecule has 1 atom stereocenters. The minimum atomic E-state index is -5.09. The Labute approximate surface area is 55.0 Å². The summed E-state index contributed by atoms with van der Waals surface area (Å²) < 4.78 is 58.2. The van der Waals surface area contributed by atoms with E-state index in [1.165, 1.54) is 0 Å². The van der Waals surface area contributed by atoms with Crippen LogP contribution in [0.3, 0.4) is 0 Å². The van der Waals surface area contributed by atoms with Crippen molar-refractivity contribution in [3.05, 3.63) is 0 Å². The summed E-state index contributed by atoms with van der Waals surface area (Å²) in [5, 5.41) is 0. The molecule has 5 heteroatoms. The first-order chi connectivity index (χ1) is 4.37. The lowest BCUT2D eigenvalue weighted by Gasteiger charge is -2.22. The monoisotopic (exact) mass is 162 g/mol. The normalized spacial score (nSPS) is 18.6. The molecule has 0 aromatic heterocycles. The van der Waals surface area contributed by atoms with Crippen LogP contribution >= 0.6 is 0 Å². The minimum Gasteiger partial charge on any atom is -0.247 e. The van der Waals surface area contributed by atoms with E-state index in [9.17, 15) is 22.0 Å². The van der Waals surface area contributed by atoms with Crippen LogP contribution in [0.15, 0.2) is 0 Å². The molecule has 0 nitrogen and oxygen atoms in total. The first-order valence-electron chi connectivity index (χ1n) is 2.69. The fourth-order valence-corrected chi connectivity index (χ4v) is 0.371. The van der Waals surface area contributed by atoms with Crippen molar-refractivity contribution < 1.29 is 22.0 Å². The van der Waals surface area contributed by atoms with Gasteiger partial charge in [-0.1, -0.05) is 6.92 Å². The number of hydrogen-bond donors (Lipinski definition) is 0. The molecule has 0 aromatic rings. The Morgan fingerprint density at radius 3 is 1.50 bits per heavy atom. The summed E-state index contributed by atoms with van der Waals surface area (Å²) in [6.45, 7) is -1.06. The number of halogens is 5. The molecule has 1 unspecified atom stereocenters. The number of rotatable bonds is 2. The van der Waals surface area contributed by atoms with Gasteiger partial charge in [-0.3, -0.25) is 0 Å². The Kier molecular flexibility index (Phi) is 2.62. The Bertz CT molecular complexity index is 101. The molecule has 0 aliphatic carbocycles. The second kappa shape index (κ2) is 2.72. The summed E-state index contributed by atoms with van der Waals surface area (Å²) in [5.74, 6) is 0. The molecule has 0 saturated carbocycles. The van der Waals surface area contributed by atoms with E-state index in [1.54, 1.807) is 0 Å². The van der Waals surface area contributed by atoms with Gasteiger partial charge >= 0.3 is 6.18 Å². The summed E-state index contributed by atoms with van der Waals surface area (Å²) in [6.07, 6.45) is -5.97. The summed E-state index contributed by atoms with van der Waals surface area (Å²) >= 11 is 0. The zero-order valence-electron chi connectivity index (χ0n) is 5.30. The fraction of sp³-hybridized carbons (Fsp3) is 1.00. The van der Waals surface area contributed by atoms with Gasteiger partial charge in [0, 0.05) is 0 Å². The zero-order valence-corrected chi connectivity index (χ0v) is 5.30. The highest BCUT2D eigenvalue weighted by molar-refractivity contribution is 4.84. The van der Waals surface area contributed by atoms with Crippen LogP contribution in [-0.4, -0.2) is 18.5 Å². The summed E-state index contributed by atoms with van der Waals surface area (Å²) in [7, 11) is 0. The molecule has 0 fully saturated rings. The van der Waals surface area contributed by atoms with Gasteiger partial charge < -0.3 is 0 Å². The topological polar surface area (TPSA) is 0 Å². The van der Waals surface area contributed by atoms with Crippen LogP contribution in [0.2, 0.25) is 0 Å². The van der Waals surface area contributed by atoms with Gasteiger partial charge in [0.05, 0.1) is 0 Å². The molecule has 0 aliphatic heterocycles. The van der Waals surface area contributed by atoms with Crippen molar-refractivity contribution in [2.45, 2.75) is 25.2 Å². The maximum Gasteiger partial charge on any atom is 0.425 e. The van der Waals surface area contributed by atoms with Crippen molar-refractivity contribution in [3.8, 4) is 0 Å². The highest BCUT2D eigenvalue weighted by Crippen LogP contribution is 2.36. The van der Waals surface area contributed by atoms with Crippen LogP contribution in [0.1, 0.15) is 13.3 Å². The van der Waals surface area contributed by atoms with Crippen LogP contribution in [-0.2, 0) is 0 Å². The molecular weight excluding hydrogens is 155 g/mol. The lowest BCUT2D eigenvalue weighted by Crippen LogP contribution is -2.42. The molecule has 0 heterocycles. The van der Waals surface area contributed by atoms with E-state index >= 15 is 0 Å². The van der Waals surface area contributed by atoms with Crippen molar-refractivity contribution in [2.24, 2.45) is 0 Å². The Hall–Kier alpha value is -0.350. The molecule has 62 valence electrons. The maximum atomic E-state index is 12.3. The van der Waals surface area contributed by atoms with Crippen LogP contribution in [0.4, 0.5) is 22.0 Å². The minimum absolute atomic E-state index is 0.882. The predicted octanol–water partition coefficient (Wildman–Crippen LogP) is 2.64. The number of alkyl halides is 5. The lowest BCUT2D eigenvalue weighted by atomic mass is 10.1. The summed E-state index contributed by atoms with van der Waals surface area (Å²) in [6, 6.07) is 0. The van der Waals surface area contributed by atoms with Gasteiger partial charge in [0.15, 0.2) is 0 Å². The molecule has 10 heavy (non-hydrogen) atoms. The van der Waals surface area contributed by atoms with Gasteiger partial charge in [0.2, 0.25) is 5.67 Å². The van der Waals surface area contributed by atoms with Crippen molar-refractivity contribution in [1.29, 1.82) is 0 Å². The second-order valence-electron chi connectivity index (χ2n) is 1.95. The van der Waals surface area contributed by atoms with Crippen LogP contribution in [0, 0.1) is 0 Å². The molecule has 0 saturated heterocycles. The second-order valence-corrected chi connectivity index (χ2v) is 1.95. The predicted molar refractivity (Wildman–Crippen MR) is 26.2 cm³/mol. The van der Waals surface area contributed by atoms with Crippen LogP contribution in [0.5, 0.6) is 0 Å². The molecule has 0 spiro atoms. The first kappa shape index (κ1) is 9.65. The fourth-order valence-electron chi connectivity index (χ4n) is 0.371. The van der Waals surface area contributed by atoms with E-state index in [0.29, 0.717) is 0 Å². The SMILES string of the molecule is CCC(F)(CF)C(F)(F)F. The third kappa shape index (κ3) is 1.58. The van der Waals surface area contributed by atoms with Gasteiger partial charge in [-0.2, -0.15) is 13.2 Å². The molecule has 0 aliphatic rings. The first-order valence-corrected chi connectivity index (χ1v) is 2.69. The average Bonchev–Trinajstić information content (AvgIpc) is 1.84. The van der Waals surface area contributed by atoms with E-state index in [2.05, 4.69) is 0 Å². The average molecular weight is 162 g/mol. The van der Waals surface area contributed by atoms with E-state index in [-0.39, 0.29) is 0 Å². The van der Waals surface area contributed by atoms with Crippen molar-refractivity contribution >= 4 is 0 Å². The smallest absolute Gasteiger partial charge is 0.247 e. The van der Waals surface area contributed by atoms with Crippen LogP contribution in [0.25, 0.3) is 0 Å². The summed E-state index contributed by atoms with van der Waals surface area (Å²) in [4.78, 5) is 0. The van der Waals surface area contributed by atoms with Crippen molar-refractivity contribution in [3.63, 3.8) is 0 Å². The van der Waals surface area contributed by atoms with Gasteiger partial charge in [-0.05, 0) is 6.42 Å². The van der Waals surface area contributed by atoms with E-state index in [4.69, 9.17) is 0 Å². The van der Waals surface area contributed by atoms with Gasteiger partial charge in [0.1, 0.15) is 6.67 Å². The van der Waals surface area contributed by atoms with Gasteiger partial charge in [-0.15, -0.1) is 0 Å². The van der Waals surface area contributed by atoms with Gasteiger partial charge in [0.25, 0.3) is 0 Å². The van der Waals surface area contributed by atoms with E-state index < -0.39 is 24.9 Å². The van der Waals surface area contributed by atoms with Crippen LogP contribution < -0.4 is 0 Å². The third-order valence-electron chi connectivity index (χ3n) is 1.28. The highest BCUT2D eigenvalue weighted by Gasteiger charge is 2.54. The lowest BCUT2D eigenvalue weighted by molar-refractivity contribution is -0.235. The highest BCUT2D eigenvalue weighted by atomic mass is 19.4. The van der Waals surface area contributed by atoms with Gasteiger partial charge in [-0.25, -0.2) is 8.78 Å².